The van der Waals surface area contributed by atoms with Crippen molar-refractivity contribution in [1.82, 2.24) is 15.2 Å². The molecule has 0 aliphatic heterocycles. The van der Waals surface area contributed by atoms with Gasteiger partial charge >= 0.3 is 0 Å². The van der Waals surface area contributed by atoms with Gasteiger partial charge in [-0.25, -0.2) is 0 Å². The summed E-state index contributed by atoms with van der Waals surface area (Å²) in [5.74, 6) is 3.04. The molecule has 0 aliphatic rings. The van der Waals surface area contributed by atoms with Crippen LogP contribution in [0.5, 0.6) is 5.75 Å². The number of ether oxygens (including phenoxy) is 1. The van der Waals surface area contributed by atoms with Gasteiger partial charge in [0.05, 0.1) is 12.9 Å². The zero-order chi connectivity index (χ0) is 18.2. The van der Waals surface area contributed by atoms with Gasteiger partial charge in [-0.05, 0) is 42.8 Å². The van der Waals surface area contributed by atoms with E-state index in [-0.39, 0.29) is 0 Å². The topological polar surface area (TPSA) is 101 Å². The van der Waals surface area contributed by atoms with E-state index >= 15 is 0 Å². The quantitative estimate of drug-likeness (QED) is 0.514. The maximum atomic E-state index is 10.4. The fraction of sp³-hybridized carbons (Fsp3) is 0.235. The van der Waals surface area contributed by atoms with Crippen LogP contribution in [0.3, 0.4) is 0 Å². The van der Waals surface area contributed by atoms with Crippen molar-refractivity contribution in [2.75, 3.05) is 20.0 Å². The molecule has 0 atom stereocenters. The number of nitrogens with zero attached hydrogens (tertiary/aromatic N) is 2. The first-order valence-corrected chi connectivity index (χ1v) is 8.38. The van der Waals surface area contributed by atoms with Gasteiger partial charge in [0, 0.05) is 12.7 Å². The van der Waals surface area contributed by atoms with E-state index in [1.54, 1.807) is 7.11 Å². The number of aliphatic hydroxyl groups is 1. The Labute approximate surface area is 149 Å². The van der Waals surface area contributed by atoms with Gasteiger partial charge in [0.15, 0.2) is 11.6 Å². The largest absolute Gasteiger partial charge is 0.496 e. The minimum Gasteiger partial charge on any atom is -0.496 e. The number of benzene rings is 1. The number of furan rings is 1. The molecule has 3 rings (SSSR count). The zero-order valence-electron chi connectivity index (χ0n) is 14.1. The van der Waals surface area contributed by atoms with Crippen LogP contribution in [0.4, 0.5) is 0 Å². The van der Waals surface area contributed by atoms with E-state index in [1.165, 1.54) is 11.8 Å². The van der Waals surface area contributed by atoms with Gasteiger partial charge in [0.1, 0.15) is 17.8 Å². The monoisotopic (exact) mass is 361 g/mol. The number of aryl methyl sites for hydroxylation is 1. The van der Waals surface area contributed by atoms with Gasteiger partial charge in [-0.2, -0.15) is 4.98 Å². The van der Waals surface area contributed by atoms with E-state index in [0.717, 1.165) is 36.0 Å². The van der Waals surface area contributed by atoms with Gasteiger partial charge in [0.25, 0.3) is 0 Å². The molecule has 0 radical (unpaired) electrons. The molecule has 8 heteroatoms. The second-order valence-corrected chi connectivity index (χ2v) is 5.78. The molecule has 0 spiro atoms. The highest BCUT2D eigenvalue weighted by Crippen LogP contribution is 2.30. The third kappa shape index (κ3) is 4.49. The van der Waals surface area contributed by atoms with E-state index in [1.807, 2.05) is 37.3 Å². The zero-order valence-corrected chi connectivity index (χ0v) is 15.0. The number of hydrogen-bond donors (Lipinski definition) is 2. The minimum absolute atomic E-state index is 0.325. The van der Waals surface area contributed by atoms with Crippen LogP contribution in [-0.2, 0) is 4.79 Å². The van der Waals surface area contributed by atoms with Gasteiger partial charge in [-0.15, -0.1) is 5.10 Å². The molecule has 0 fully saturated rings. The number of thioether (sulfide) groups is 1. The molecule has 0 unspecified atom stereocenters. The van der Waals surface area contributed by atoms with Crippen molar-refractivity contribution in [3.63, 3.8) is 0 Å². The Balaban J connectivity index is 0.00000109. The van der Waals surface area contributed by atoms with Crippen molar-refractivity contribution >= 4 is 18.0 Å². The molecular formula is C17H19N3O4S. The van der Waals surface area contributed by atoms with Crippen molar-refractivity contribution < 1.29 is 19.1 Å². The highest BCUT2D eigenvalue weighted by Gasteiger charge is 2.12. The lowest BCUT2D eigenvalue weighted by atomic mass is 10.1. The highest BCUT2D eigenvalue weighted by atomic mass is 32.2. The summed E-state index contributed by atoms with van der Waals surface area (Å²) in [5, 5.41) is 14.4. The molecule has 0 saturated carbocycles. The summed E-state index contributed by atoms with van der Waals surface area (Å²) in [6.07, 6.45) is 0.817. The summed E-state index contributed by atoms with van der Waals surface area (Å²) in [4.78, 5) is 14.7. The van der Waals surface area contributed by atoms with Gasteiger partial charge < -0.3 is 19.1 Å². The summed E-state index contributed by atoms with van der Waals surface area (Å²) >= 11 is 1.27. The van der Waals surface area contributed by atoms with Crippen LogP contribution in [0.15, 0.2) is 39.9 Å². The van der Waals surface area contributed by atoms with Gasteiger partial charge in [0.2, 0.25) is 5.16 Å². The third-order valence-electron chi connectivity index (χ3n) is 3.26. The number of aromatic nitrogens is 3. The number of aromatic amines is 1. The van der Waals surface area contributed by atoms with Crippen LogP contribution < -0.4 is 4.74 Å². The second kappa shape index (κ2) is 9.05. The number of H-pyrrole nitrogens is 1. The summed E-state index contributed by atoms with van der Waals surface area (Å²) in [5.41, 5.74) is 2.00. The van der Waals surface area contributed by atoms with E-state index in [4.69, 9.17) is 14.3 Å². The summed E-state index contributed by atoms with van der Waals surface area (Å²) < 4.78 is 11.1. The van der Waals surface area contributed by atoms with Crippen LogP contribution in [0, 0.1) is 6.92 Å². The normalized spacial score (nSPS) is 10.1. The minimum atomic E-state index is 0.325. The average molecular weight is 361 g/mol. The number of aliphatic hydroxyl groups excluding tert-OH is 1. The maximum absolute atomic E-state index is 10.4. The van der Waals surface area contributed by atoms with Crippen molar-refractivity contribution in [2.45, 2.75) is 12.1 Å². The number of methoxy groups -OCH3 is 1. The molecule has 2 heterocycles. The number of carbonyl (C=O) groups excluding carboxylic acids is 1. The lowest BCUT2D eigenvalue weighted by Gasteiger charge is -2.05. The smallest absolute Gasteiger partial charge is 0.209 e. The van der Waals surface area contributed by atoms with Crippen molar-refractivity contribution in [3.05, 3.63) is 35.9 Å². The lowest BCUT2D eigenvalue weighted by Crippen LogP contribution is -1.87. The van der Waals surface area contributed by atoms with E-state index < -0.39 is 0 Å². The van der Waals surface area contributed by atoms with E-state index in [9.17, 15) is 4.79 Å². The molecule has 0 aliphatic carbocycles. The first-order valence-electron chi connectivity index (χ1n) is 7.40. The van der Waals surface area contributed by atoms with Crippen LogP contribution in [0.25, 0.3) is 22.9 Å². The standard InChI is InChI=1S/C16H15N3O3S.CH4O/c1-10-9-11(3-4-12(10)21-2)13-5-6-14(22-13)15-17-16(19-18-15)23-8-7-20;1-2/h3-7,9H,8H2,1-2H3,(H,17,18,19);2H,1H3. The molecule has 1 aromatic carbocycles. The Morgan fingerprint density at radius 1 is 1.28 bits per heavy atom. The molecule has 0 bridgehead atoms. The molecule has 2 N–H and O–H groups in total. The summed E-state index contributed by atoms with van der Waals surface area (Å²) in [6, 6.07) is 9.59. The number of rotatable bonds is 6. The fourth-order valence-electron chi connectivity index (χ4n) is 2.18. The predicted octanol–water partition coefficient (Wildman–Crippen LogP) is 2.95. The van der Waals surface area contributed by atoms with Gasteiger partial charge in [-0.1, -0.05) is 11.8 Å². The Kier molecular flexibility index (Phi) is 6.79. The van der Waals surface area contributed by atoms with Crippen molar-refractivity contribution in [1.29, 1.82) is 0 Å². The molecule has 3 aromatic rings. The maximum Gasteiger partial charge on any atom is 0.209 e. The lowest BCUT2D eigenvalue weighted by molar-refractivity contribution is -0.105. The number of aldehydes is 1. The molecule has 2 aromatic heterocycles. The number of carbonyl (C=O) groups is 1. The average Bonchev–Trinajstić information content (AvgIpc) is 3.31. The molecule has 7 nitrogen and oxygen atoms in total. The van der Waals surface area contributed by atoms with Crippen molar-refractivity contribution in [3.8, 4) is 28.7 Å². The van der Waals surface area contributed by atoms with Crippen molar-refractivity contribution in [2.24, 2.45) is 0 Å². The number of hydrogen-bond acceptors (Lipinski definition) is 7. The van der Waals surface area contributed by atoms with Gasteiger partial charge in [-0.3, -0.25) is 5.10 Å². The van der Waals surface area contributed by atoms with Crippen LogP contribution in [0.2, 0.25) is 0 Å². The highest BCUT2D eigenvalue weighted by molar-refractivity contribution is 7.99. The Hall–Kier alpha value is -2.58. The third-order valence-corrected chi connectivity index (χ3v) is 4.01. The van der Waals surface area contributed by atoms with Crippen LogP contribution >= 0.6 is 11.8 Å². The molecule has 0 saturated heterocycles. The van der Waals surface area contributed by atoms with Crippen LogP contribution in [0.1, 0.15) is 5.56 Å². The van der Waals surface area contributed by atoms with E-state index in [2.05, 4.69) is 15.2 Å². The summed E-state index contributed by atoms with van der Waals surface area (Å²) in [7, 11) is 2.65. The SMILES string of the molecule is CO.COc1ccc(-c2ccc(-c3nc(SCC=O)n[nH]3)o2)cc1C. The Morgan fingerprint density at radius 2 is 2.04 bits per heavy atom. The molecule has 25 heavy (non-hydrogen) atoms. The van der Waals surface area contributed by atoms with E-state index in [0.29, 0.717) is 22.5 Å². The Morgan fingerprint density at radius 3 is 2.72 bits per heavy atom. The first-order chi connectivity index (χ1) is 12.2. The molecule has 0 amide bonds. The fourth-order valence-corrected chi connectivity index (χ4v) is 2.66. The molecular weight excluding hydrogens is 342 g/mol. The number of nitrogens with one attached hydrogen (secondary N) is 1. The first kappa shape index (κ1) is 18.8. The predicted molar refractivity (Wildman–Crippen MR) is 95.7 cm³/mol. The Bertz CT molecular complexity index is 829. The second-order valence-electron chi connectivity index (χ2n) is 4.79. The summed E-state index contributed by atoms with van der Waals surface area (Å²) in [6.45, 7) is 1.99. The van der Waals surface area contributed by atoms with Crippen LogP contribution in [-0.4, -0.2) is 46.5 Å². The molecule has 132 valence electrons.